The van der Waals surface area contributed by atoms with Crippen molar-refractivity contribution in [3.63, 3.8) is 0 Å². The first-order chi connectivity index (χ1) is 9.47. The van der Waals surface area contributed by atoms with Crippen LogP contribution in [0.25, 0.3) is 0 Å². The molecule has 2 rings (SSSR count). The molecule has 1 fully saturated rings. The summed E-state index contributed by atoms with van der Waals surface area (Å²) in [5.74, 6) is 0.969. The largest absolute Gasteiger partial charge is 0.497 e. The maximum atomic E-state index is 12.0. The van der Waals surface area contributed by atoms with Gasteiger partial charge in [0.05, 0.1) is 12.9 Å². The summed E-state index contributed by atoms with van der Waals surface area (Å²) >= 11 is 0. The Hall–Kier alpha value is -1.11. The second-order valence-electron chi connectivity index (χ2n) is 5.03. The Morgan fingerprint density at radius 1 is 1.25 bits per heavy atom. The molecular formula is C14H22N2O3S. The smallest absolute Gasteiger partial charge is 0.213 e. The van der Waals surface area contributed by atoms with Crippen LogP contribution in [-0.2, 0) is 10.0 Å². The second kappa shape index (κ2) is 6.11. The van der Waals surface area contributed by atoms with Crippen LogP contribution in [0.4, 0.5) is 0 Å². The first-order valence-corrected chi connectivity index (χ1v) is 8.41. The molecule has 0 aromatic heterocycles. The van der Waals surface area contributed by atoms with Crippen molar-refractivity contribution in [2.45, 2.75) is 13.0 Å². The number of hydrogen-bond donors (Lipinski definition) is 0. The monoisotopic (exact) mass is 298 g/mol. The first-order valence-electron chi connectivity index (χ1n) is 6.80. The van der Waals surface area contributed by atoms with Crippen LogP contribution in [0.2, 0.25) is 0 Å². The van der Waals surface area contributed by atoms with Crippen LogP contribution >= 0.6 is 0 Å². The van der Waals surface area contributed by atoms with Gasteiger partial charge in [0.15, 0.2) is 0 Å². The average molecular weight is 298 g/mol. The van der Waals surface area contributed by atoms with E-state index in [-0.39, 0.29) is 11.8 Å². The number of rotatable bonds is 4. The van der Waals surface area contributed by atoms with Crippen molar-refractivity contribution in [1.29, 1.82) is 0 Å². The van der Waals surface area contributed by atoms with E-state index in [1.54, 1.807) is 18.3 Å². The quantitative estimate of drug-likeness (QED) is 0.841. The van der Waals surface area contributed by atoms with Gasteiger partial charge in [0.1, 0.15) is 5.75 Å². The summed E-state index contributed by atoms with van der Waals surface area (Å²) in [5, 5.41) is 0. The van der Waals surface area contributed by atoms with E-state index >= 15 is 0 Å². The normalized spacial score (nSPS) is 21.9. The van der Waals surface area contributed by atoms with Gasteiger partial charge in [-0.15, -0.1) is 0 Å². The number of nitrogens with zero attached hydrogens (tertiary/aromatic N) is 2. The highest BCUT2D eigenvalue weighted by Gasteiger charge is 2.31. The molecule has 1 aromatic carbocycles. The fraction of sp³-hybridized carbons (Fsp3) is 0.571. The van der Waals surface area contributed by atoms with Gasteiger partial charge in [-0.1, -0.05) is 12.1 Å². The zero-order valence-electron chi connectivity index (χ0n) is 12.2. The van der Waals surface area contributed by atoms with Gasteiger partial charge < -0.3 is 4.74 Å². The molecule has 0 saturated carbocycles. The van der Waals surface area contributed by atoms with Crippen molar-refractivity contribution in [2.24, 2.45) is 0 Å². The Labute approximate surface area is 121 Å². The summed E-state index contributed by atoms with van der Waals surface area (Å²) in [6, 6.07) is 7.92. The van der Waals surface area contributed by atoms with Crippen molar-refractivity contribution in [3.8, 4) is 5.75 Å². The highest BCUT2D eigenvalue weighted by Crippen LogP contribution is 2.27. The van der Waals surface area contributed by atoms with E-state index in [4.69, 9.17) is 4.74 Å². The molecule has 0 N–H and O–H groups in total. The molecule has 20 heavy (non-hydrogen) atoms. The van der Waals surface area contributed by atoms with Crippen LogP contribution in [0, 0.1) is 0 Å². The third-order valence-electron chi connectivity index (χ3n) is 3.87. The summed E-state index contributed by atoms with van der Waals surface area (Å²) in [6.07, 6.45) is 0. The Kier molecular flexibility index (Phi) is 4.67. The minimum atomic E-state index is -3.12. The maximum absolute atomic E-state index is 12.0. The van der Waals surface area contributed by atoms with Crippen molar-refractivity contribution in [2.75, 3.05) is 39.5 Å². The predicted octanol–water partition coefficient (Wildman–Crippen LogP) is 1.33. The number of piperazine rings is 1. The van der Waals surface area contributed by atoms with Gasteiger partial charge in [-0.25, -0.2) is 8.42 Å². The van der Waals surface area contributed by atoms with Gasteiger partial charge in [0, 0.05) is 25.7 Å². The molecule has 1 heterocycles. The lowest BCUT2D eigenvalue weighted by Crippen LogP contribution is -2.49. The molecule has 1 atom stereocenters. The van der Waals surface area contributed by atoms with E-state index in [1.807, 2.05) is 31.3 Å². The van der Waals surface area contributed by atoms with E-state index in [1.165, 1.54) is 0 Å². The van der Waals surface area contributed by atoms with Gasteiger partial charge >= 0.3 is 0 Å². The van der Waals surface area contributed by atoms with Crippen molar-refractivity contribution < 1.29 is 13.2 Å². The molecule has 1 aliphatic heterocycles. The van der Waals surface area contributed by atoms with Crippen LogP contribution in [0.15, 0.2) is 24.3 Å². The minimum Gasteiger partial charge on any atom is -0.497 e. The van der Waals surface area contributed by atoms with Gasteiger partial charge in [-0.3, -0.25) is 4.90 Å². The molecule has 0 amide bonds. The number of likely N-dealkylation sites (N-methyl/N-ethyl adjacent to an activating group) is 1. The van der Waals surface area contributed by atoms with E-state index in [2.05, 4.69) is 4.90 Å². The van der Waals surface area contributed by atoms with Crippen molar-refractivity contribution >= 4 is 10.0 Å². The zero-order valence-corrected chi connectivity index (χ0v) is 13.1. The second-order valence-corrected chi connectivity index (χ2v) is 7.29. The molecule has 5 nitrogen and oxygen atoms in total. The van der Waals surface area contributed by atoms with Gasteiger partial charge in [-0.05, 0) is 31.7 Å². The zero-order chi connectivity index (χ0) is 14.8. The third kappa shape index (κ3) is 3.13. The highest BCUT2D eigenvalue weighted by atomic mass is 32.2. The van der Waals surface area contributed by atoms with E-state index in [9.17, 15) is 8.42 Å². The molecule has 0 radical (unpaired) electrons. The van der Waals surface area contributed by atoms with Crippen molar-refractivity contribution in [3.05, 3.63) is 29.8 Å². The fourth-order valence-corrected chi connectivity index (χ4v) is 3.56. The van der Waals surface area contributed by atoms with Crippen LogP contribution in [0.1, 0.15) is 18.5 Å². The van der Waals surface area contributed by atoms with Gasteiger partial charge in [0.2, 0.25) is 10.0 Å². The summed E-state index contributed by atoms with van der Waals surface area (Å²) in [7, 11) is 0.552. The molecule has 1 saturated heterocycles. The van der Waals surface area contributed by atoms with Gasteiger partial charge in [-0.2, -0.15) is 4.31 Å². The summed E-state index contributed by atoms with van der Waals surface area (Å²) in [4.78, 5) is 2.20. The minimum absolute atomic E-state index is 0.0935. The number of ether oxygens (including phenoxy) is 1. The number of hydrogen-bond acceptors (Lipinski definition) is 4. The molecule has 1 aromatic rings. The summed E-state index contributed by atoms with van der Waals surface area (Å²) < 4.78 is 30.8. The Bertz CT molecular complexity index is 542. The lowest BCUT2D eigenvalue weighted by Gasteiger charge is -2.38. The van der Waals surface area contributed by atoms with E-state index in [0.29, 0.717) is 13.1 Å². The third-order valence-corrected chi connectivity index (χ3v) is 5.72. The Balaban J connectivity index is 2.20. The topological polar surface area (TPSA) is 49.9 Å². The van der Waals surface area contributed by atoms with E-state index in [0.717, 1.165) is 17.9 Å². The predicted molar refractivity (Wildman–Crippen MR) is 79.4 cm³/mol. The SMILES string of the molecule is CCS(=O)(=O)N1CCN(C)[C@H](c2ccc(OC)cc2)C1. The Morgan fingerprint density at radius 2 is 1.90 bits per heavy atom. The summed E-state index contributed by atoms with van der Waals surface area (Å²) in [5.41, 5.74) is 1.12. The van der Waals surface area contributed by atoms with E-state index < -0.39 is 10.0 Å². The van der Waals surface area contributed by atoms with Crippen LogP contribution in [0.5, 0.6) is 5.75 Å². The maximum Gasteiger partial charge on any atom is 0.213 e. The lowest BCUT2D eigenvalue weighted by atomic mass is 10.0. The number of sulfonamides is 1. The van der Waals surface area contributed by atoms with Crippen LogP contribution in [-0.4, -0.2) is 57.2 Å². The molecule has 1 aliphatic rings. The lowest BCUT2D eigenvalue weighted by molar-refractivity contribution is 0.148. The highest BCUT2D eigenvalue weighted by molar-refractivity contribution is 7.89. The fourth-order valence-electron chi connectivity index (χ4n) is 2.47. The number of benzene rings is 1. The molecule has 0 spiro atoms. The Morgan fingerprint density at radius 3 is 2.45 bits per heavy atom. The first kappa shape index (κ1) is 15.3. The standard InChI is InChI=1S/C14H22N2O3S/c1-4-20(17,18)16-10-9-15(2)14(11-16)12-5-7-13(19-3)8-6-12/h5-8,14H,4,9-11H2,1-3H3/t14-/m0/s1. The molecule has 0 aliphatic carbocycles. The molecule has 0 bridgehead atoms. The van der Waals surface area contributed by atoms with Crippen molar-refractivity contribution in [1.82, 2.24) is 9.21 Å². The number of methoxy groups -OCH3 is 1. The molecule has 0 unspecified atom stereocenters. The molecular weight excluding hydrogens is 276 g/mol. The average Bonchev–Trinajstić information content (AvgIpc) is 2.47. The van der Waals surface area contributed by atoms with Crippen LogP contribution < -0.4 is 4.74 Å². The summed E-state index contributed by atoms with van der Waals surface area (Å²) in [6.45, 7) is 3.52. The molecule has 6 heteroatoms. The van der Waals surface area contributed by atoms with Gasteiger partial charge in [0.25, 0.3) is 0 Å². The molecule has 112 valence electrons. The van der Waals surface area contributed by atoms with Crippen LogP contribution in [0.3, 0.4) is 0 Å².